The lowest BCUT2D eigenvalue weighted by Crippen LogP contribution is -2.44. The number of carbonyl (C=O) groups excluding carboxylic acids is 2. The molecule has 152 valence electrons. The molecule has 2 N–H and O–H groups in total. The van der Waals surface area contributed by atoms with Gasteiger partial charge in [0.2, 0.25) is 0 Å². The Labute approximate surface area is 159 Å². The van der Waals surface area contributed by atoms with E-state index in [1.54, 1.807) is 6.92 Å². The van der Waals surface area contributed by atoms with Crippen LogP contribution in [0.3, 0.4) is 0 Å². The van der Waals surface area contributed by atoms with Crippen molar-refractivity contribution in [3.63, 3.8) is 0 Å². The molecule has 0 amide bonds. The Morgan fingerprint density at radius 3 is 1.92 bits per heavy atom. The molecule has 0 aliphatic carbocycles. The summed E-state index contributed by atoms with van der Waals surface area (Å²) < 4.78 is 15.4. The minimum absolute atomic E-state index is 0. The standard InChI is InChI=1S/C17H33BO7.BH3/c1-10(2)6-15(20)23-9-13(19)17(22)14(8-12(5)25-18)24-16(21)7-11(3)4;/h10-14,17,19,22H,6-9,18H2,1-5H3;1H3. The first-order valence-corrected chi connectivity index (χ1v) is 8.80. The maximum atomic E-state index is 11.9. The van der Waals surface area contributed by atoms with E-state index < -0.39 is 30.3 Å². The van der Waals surface area contributed by atoms with Crippen LogP contribution in [0.2, 0.25) is 0 Å². The fourth-order valence-electron chi connectivity index (χ4n) is 2.15. The molecule has 4 atom stereocenters. The van der Waals surface area contributed by atoms with Crippen molar-refractivity contribution in [1.82, 2.24) is 0 Å². The number of rotatable bonds is 12. The highest BCUT2D eigenvalue weighted by atomic mass is 16.6. The van der Waals surface area contributed by atoms with Crippen LogP contribution in [0.4, 0.5) is 0 Å². The molecule has 0 heterocycles. The first-order valence-electron chi connectivity index (χ1n) is 8.80. The maximum Gasteiger partial charge on any atom is 0.306 e. The third-order valence-corrected chi connectivity index (χ3v) is 3.59. The van der Waals surface area contributed by atoms with Crippen LogP contribution in [0.1, 0.15) is 53.9 Å². The molecule has 26 heavy (non-hydrogen) atoms. The monoisotopic (exact) mass is 374 g/mol. The first-order chi connectivity index (χ1) is 11.6. The van der Waals surface area contributed by atoms with Gasteiger partial charge in [0.1, 0.15) is 24.9 Å². The van der Waals surface area contributed by atoms with Crippen molar-refractivity contribution >= 4 is 28.4 Å². The molecule has 0 radical (unpaired) electrons. The summed E-state index contributed by atoms with van der Waals surface area (Å²) in [7, 11) is 1.51. The second-order valence-electron chi connectivity index (χ2n) is 7.25. The van der Waals surface area contributed by atoms with E-state index in [0.717, 1.165) is 0 Å². The van der Waals surface area contributed by atoms with E-state index in [0.29, 0.717) is 0 Å². The average molecular weight is 374 g/mol. The van der Waals surface area contributed by atoms with Crippen LogP contribution in [0.15, 0.2) is 0 Å². The van der Waals surface area contributed by atoms with E-state index in [2.05, 4.69) is 0 Å². The molecule has 0 fully saturated rings. The Morgan fingerprint density at radius 1 is 0.962 bits per heavy atom. The van der Waals surface area contributed by atoms with Gasteiger partial charge in [0.25, 0.3) is 8.05 Å². The number of hydrogen-bond donors (Lipinski definition) is 2. The van der Waals surface area contributed by atoms with Gasteiger partial charge in [-0.15, -0.1) is 0 Å². The first kappa shape index (κ1) is 27.2. The van der Waals surface area contributed by atoms with Gasteiger partial charge in [-0.3, -0.25) is 9.59 Å². The molecular weight excluding hydrogens is 338 g/mol. The summed E-state index contributed by atoms with van der Waals surface area (Å²) in [5.41, 5.74) is 0. The van der Waals surface area contributed by atoms with Gasteiger partial charge in [-0.2, -0.15) is 0 Å². The third kappa shape index (κ3) is 12.3. The summed E-state index contributed by atoms with van der Waals surface area (Å²) in [4.78, 5) is 23.5. The maximum absolute atomic E-state index is 11.9. The minimum atomic E-state index is -1.37. The Morgan fingerprint density at radius 2 is 1.46 bits per heavy atom. The molecule has 0 aromatic carbocycles. The van der Waals surface area contributed by atoms with E-state index in [1.807, 2.05) is 27.7 Å². The third-order valence-electron chi connectivity index (χ3n) is 3.59. The van der Waals surface area contributed by atoms with Crippen molar-refractivity contribution in [2.75, 3.05) is 6.61 Å². The summed E-state index contributed by atoms with van der Waals surface area (Å²) in [6.45, 7) is 8.93. The van der Waals surface area contributed by atoms with Crippen molar-refractivity contribution < 1.29 is 33.9 Å². The molecule has 0 spiro atoms. The Bertz CT molecular complexity index is 405. The van der Waals surface area contributed by atoms with Gasteiger partial charge >= 0.3 is 11.9 Å². The van der Waals surface area contributed by atoms with E-state index in [9.17, 15) is 19.8 Å². The number of aliphatic hydroxyl groups excluding tert-OH is 2. The highest BCUT2D eigenvalue weighted by Crippen LogP contribution is 2.16. The van der Waals surface area contributed by atoms with Crippen molar-refractivity contribution in [1.29, 1.82) is 0 Å². The van der Waals surface area contributed by atoms with Gasteiger partial charge in [0, 0.05) is 25.4 Å². The SMILES string of the molecule is B.BOC(C)CC(OC(=O)CC(C)C)C(O)C(O)COC(=O)CC(C)C. The molecular formula is C17H36B2O7. The van der Waals surface area contributed by atoms with Gasteiger partial charge < -0.3 is 24.3 Å². The summed E-state index contributed by atoms with van der Waals surface area (Å²) in [6, 6.07) is 0. The number of carbonyl (C=O) groups is 2. The zero-order valence-corrected chi connectivity index (χ0v) is 16.2. The summed E-state index contributed by atoms with van der Waals surface area (Å²) >= 11 is 0. The van der Waals surface area contributed by atoms with Gasteiger partial charge in [-0.25, -0.2) is 0 Å². The molecule has 0 aliphatic heterocycles. The number of hydrogen-bond acceptors (Lipinski definition) is 7. The van der Waals surface area contributed by atoms with Gasteiger partial charge in [0.15, 0.2) is 0 Å². The molecule has 0 aliphatic rings. The van der Waals surface area contributed by atoms with Crippen molar-refractivity contribution in [2.45, 2.75) is 78.3 Å². The lowest BCUT2D eigenvalue weighted by molar-refractivity contribution is -0.169. The van der Waals surface area contributed by atoms with Crippen molar-refractivity contribution in [3.05, 3.63) is 0 Å². The molecule has 0 saturated carbocycles. The lowest BCUT2D eigenvalue weighted by Gasteiger charge is -2.28. The normalized spacial score (nSPS) is 15.7. The fourth-order valence-corrected chi connectivity index (χ4v) is 2.15. The number of aliphatic hydroxyl groups is 2. The van der Waals surface area contributed by atoms with Crippen LogP contribution < -0.4 is 0 Å². The molecule has 0 rings (SSSR count). The van der Waals surface area contributed by atoms with Crippen LogP contribution in [0.25, 0.3) is 0 Å². The van der Waals surface area contributed by atoms with E-state index >= 15 is 0 Å². The van der Waals surface area contributed by atoms with Gasteiger partial charge in [-0.05, 0) is 18.8 Å². The van der Waals surface area contributed by atoms with E-state index in [4.69, 9.17) is 14.1 Å². The largest absolute Gasteiger partial charge is 0.463 e. The molecule has 0 bridgehead atoms. The van der Waals surface area contributed by atoms with E-state index in [1.165, 1.54) is 8.05 Å². The van der Waals surface area contributed by atoms with Crippen LogP contribution in [-0.4, -0.2) is 69.6 Å². The molecule has 4 unspecified atom stereocenters. The quantitative estimate of drug-likeness (QED) is 0.348. The second kappa shape index (κ2) is 14.1. The fraction of sp³-hybridized carbons (Fsp3) is 0.882. The number of esters is 2. The van der Waals surface area contributed by atoms with Crippen LogP contribution >= 0.6 is 0 Å². The van der Waals surface area contributed by atoms with Crippen LogP contribution in [0.5, 0.6) is 0 Å². The highest BCUT2D eigenvalue weighted by Gasteiger charge is 2.32. The second-order valence-corrected chi connectivity index (χ2v) is 7.25. The molecule has 0 aromatic rings. The van der Waals surface area contributed by atoms with Crippen molar-refractivity contribution in [3.8, 4) is 0 Å². The van der Waals surface area contributed by atoms with Crippen molar-refractivity contribution in [2.24, 2.45) is 11.8 Å². The van der Waals surface area contributed by atoms with Crippen LogP contribution in [-0.2, 0) is 23.7 Å². The Balaban J connectivity index is 0. The molecule has 0 saturated heterocycles. The van der Waals surface area contributed by atoms with Gasteiger partial charge in [0.05, 0.1) is 8.41 Å². The van der Waals surface area contributed by atoms with E-state index in [-0.39, 0.29) is 52.2 Å². The highest BCUT2D eigenvalue weighted by molar-refractivity contribution is 5.98. The summed E-state index contributed by atoms with van der Waals surface area (Å²) in [5.74, 6) is -0.639. The predicted octanol–water partition coefficient (Wildman–Crippen LogP) is -0.585. The smallest absolute Gasteiger partial charge is 0.306 e. The number of ether oxygens (including phenoxy) is 2. The molecule has 7 nitrogen and oxygen atoms in total. The van der Waals surface area contributed by atoms with Gasteiger partial charge in [-0.1, -0.05) is 27.7 Å². The lowest BCUT2D eigenvalue weighted by atomic mass is 10.0. The molecule has 0 aromatic heterocycles. The average Bonchev–Trinajstić information content (AvgIpc) is 2.49. The molecule has 9 heteroatoms. The Hall–Kier alpha value is -1.05. The Kier molecular flexibility index (Phi) is 14.7. The predicted molar refractivity (Wildman–Crippen MR) is 105 cm³/mol. The minimum Gasteiger partial charge on any atom is -0.463 e. The zero-order valence-electron chi connectivity index (χ0n) is 16.2. The zero-order chi connectivity index (χ0) is 19.6. The summed E-state index contributed by atoms with van der Waals surface area (Å²) in [5, 5.41) is 20.4. The topological polar surface area (TPSA) is 102 Å². The van der Waals surface area contributed by atoms with Crippen LogP contribution in [0, 0.1) is 11.8 Å². The summed E-state index contributed by atoms with van der Waals surface area (Å²) in [6.07, 6.45) is -3.28.